The molecule has 1 aromatic carbocycles. The minimum Gasteiger partial charge on any atom is -0.461 e. The molecule has 1 heterocycles. The second kappa shape index (κ2) is 6.49. The SMILES string of the molecule is C=CCOC(=O)[C@H]1C(=C)NC(=S)N[C@@H]1c1ccccc1F. The summed E-state index contributed by atoms with van der Waals surface area (Å²) in [5.41, 5.74) is 0.712. The highest BCUT2D eigenvalue weighted by Gasteiger charge is 2.38. The highest BCUT2D eigenvalue weighted by molar-refractivity contribution is 7.80. The molecule has 110 valence electrons. The number of nitrogens with one attached hydrogen (secondary N) is 2. The molecule has 0 aliphatic carbocycles. The summed E-state index contributed by atoms with van der Waals surface area (Å²) in [6.45, 7) is 7.36. The van der Waals surface area contributed by atoms with Crippen molar-refractivity contribution in [3.05, 3.63) is 60.6 Å². The molecular formula is C15H15FN2O2S. The Hall–Kier alpha value is -2.21. The molecule has 0 aromatic heterocycles. The van der Waals surface area contributed by atoms with Crippen LogP contribution in [0.3, 0.4) is 0 Å². The number of carbonyl (C=O) groups excluding carboxylic acids is 1. The Morgan fingerprint density at radius 2 is 2.19 bits per heavy atom. The molecule has 0 bridgehead atoms. The van der Waals surface area contributed by atoms with Crippen molar-refractivity contribution in [2.75, 3.05) is 6.61 Å². The number of esters is 1. The summed E-state index contributed by atoms with van der Waals surface area (Å²) in [7, 11) is 0. The van der Waals surface area contributed by atoms with Crippen LogP contribution in [0.5, 0.6) is 0 Å². The van der Waals surface area contributed by atoms with Crippen LogP contribution in [0.4, 0.5) is 4.39 Å². The van der Waals surface area contributed by atoms with E-state index in [0.717, 1.165) is 0 Å². The van der Waals surface area contributed by atoms with E-state index in [0.29, 0.717) is 16.4 Å². The van der Waals surface area contributed by atoms with Gasteiger partial charge in [-0.15, -0.1) is 0 Å². The van der Waals surface area contributed by atoms with E-state index in [-0.39, 0.29) is 6.61 Å². The lowest BCUT2D eigenvalue weighted by atomic mass is 9.89. The molecule has 1 fully saturated rings. The van der Waals surface area contributed by atoms with E-state index in [2.05, 4.69) is 23.8 Å². The van der Waals surface area contributed by atoms with Gasteiger partial charge in [-0.25, -0.2) is 4.39 Å². The smallest absolute Gasteiger partial charge is 0.317 e. The summed E-state index contributed by atoms with van der Waals surface area (Å²) in [6.07, 6.45) is 1.47. The van der Waals surface area contributed by atoms with E-state index in [9.17, 15) is 9.18 Å². The quantitative estimate of drug-likeness (QED) is 0.507. The maximum Gasteiger partial charge on any atom is 0.317 e. The van der Waals surface area contributed by atoms with Gasteiger partial charge in [0.15, 0.2) is 5.11 Å². The van der Waals surface area contributed by atoms with Crippen LogP contribution in [-0.4, -0.2) is 17.7 Å². The molecule has 2 N–H and O–H groups in total. The van der Waals surface area contributed by atoms with E-state index < -0.39 is 23.7 Å². The number of benzene rings is 1. The minimum atomic E-state index is -0.784. The summed E-state index contributed by atoms with van der Waals surface area (Å²) in [6, 6.07) is 5.54. The number of ether oxygens (including phenoxy) is 1. The molecule has 0 spiro atoms. The van der Waals surface area contributed by atoms with E-state index in [1.807, 2.05) is 0 Å². The monoisotopic (exact) mass is 306 g/mol. The Bertz CT molecular complexity index is 603. The van der Waals surface area contributed by atoms with Gasteiger partial charge in [0.05, 0.1) is 6.04 Å². The van der Waals surface area contributed by atoms with Crippen LogP contribution < -0.4 is 10.6 Å². The van der Waals surface area contributed by atoms with Crippen LogP contribution >= 0.6 is 12.2 Å². The van der Waals surface area contributed by atoms with Crippen LogP contribution in [0.1, 0.15) is 11.6 Å². The van der Waals surface area contributed by atoms with Crippen LogP contribution in [0.15, 0.2) is 49.2 Å². The number of hydrogen-bond donors (Lipinski definition) is 2. The molecule has 0 amide bonds. The van der Waals surface area contributed by atoms with Crippen molar-refractivity contribution in [2.45, 2.75) is 6.04 Å². The van der Waals surface area contributed by atoms with Crippen LogP contribution in [-0.2, 0) is 9.53 Å². The maximum absolute atomic E-state index is 14.0. The van der Waals surface area contributed by atoms with Gasteiger partial charge in [0.2, 0.25) is 0 Å². The third-order valence-corrected chi connectivity index (χ3v) is 3.33. The van der Waals surface area contributed by atoms with Gasteiger partial charge in [0.1, 0.15) is 18.3 Å². The van der Waals surface area contributed by atoms with E-state index in [1.165, 1.54) is 12.1 Å². The molecule has 2 rings (SSSR count). The van der Waals surface area contributed by atoms with Crippen molar-refractivity contribution >= 4 is 23.3 Å². The zero-order valence-corrected chi connectivity index (χ0v) is 12.1. The molecule has 0 radical (unpaired) electrons. The summed E-state index contributed by atoms with van der Waals surface area (Å²) in [5, 5.41) is 5.98. The minimum absolute atomic E-state index is 0.0804. The maximum atomic E-state index is 14.0. The fourth-order valence-electron chi connectivity index (χ4n) is 2.18. The molecule has 21 heavy (non-hydrogen) atoms. The fourth-order valence-corrected chi connectivity index (χ4v) is 2.44. The second-order valence-corrected chi connectivity index (χ2v) is 4.93. The zero-order valence-electron chi connectivity index (χ0n) is 11.3. The lowest BCUT2D eigenvalue weighted by Crippen LogP contribution is -2.51. The number of hydrogen-bond acceptors (Lipinski definition) is 3. The van der Waals surface area contributed by atoms with E-state index in [1.54, 1.807) is 18.2 Å². The third kappa shape index (κ3) is 3.28. The molecule has 4 nitrogen and oxygen atoms in total. The molecule has 1 aliphatic heterocycles. The molecule has 1 saturated heterocycles. The van der Waals surface area contributed by atoms with Crippen molar-refractivity contribution in [2.24, 2.45) is 5.92 Å². The lowest BCUT2D eigenvalue weighted by Gasteiger charge is -2.34. The highest BCUT2D eigenvalue weighted by atomic mass is 32.1. The van der Waals surface area contributed by atoms with E-state index >= 15 is 0 Å². The first-order valence-electron chi connectivity index (χ1n) is 6.33. The summed E-state index contributed by atoms with van der Waals surface area (Å²) in [5.74, 6) is -1.72. The van der Waals surface area contributed by atoms with Gasteiger partial charge < -0.3 is 15.4 Å². The standard InChI is InChI=1S/C15H15FN2O2S/c1-3-8-20-14(19)12-9(2)17-15(21)18-13(12)10-6-4-5-7-11(10)16/h3-7,12-13H,1-2,8H2,(H2,17,18,21)/t12-,13+/m0/s1. The molecule has 1 aliphatic rings. The molecule has 2 atom stereocenters. The van der Waals surface area contributed by atoms with Crippen molar-refractivity contribution in [1.82, 2.24) is 10.6 Å². The second-order valence-electron chi connectivity index (χ2n) is 4.52. The number of halogens is 1. The Balaban J connectivity index is 2.35. The average Bonchev–Trinajstić information content (AvgIpc) is 2.44. The van der Waals surface area contributed by atoms with Gasteiger partial charge in [0, 0.05) is 11.3 Å². The van der Waals surface area contributed by atoms with Crippen molar-refractivity contribution in [3.8, 4) is 0 Å². The molecule has 6 heteroatoms. The van der Waals surface area contributed by atoms with Gasteiger partial charge in [-0.2, -0.15) is 0 Å². The van der Waals surface area contributed by atoms with Crippen molar-refractivity contribution in [3.63, 3.8) is 0 Å². The van der Waals surface area contributed by atoms with Crippen molar-refractivity contribution in [1.29, 1.82) is 0 Å². The Morgan fingerprint density at radius 3 is 2.86 bits per heavy atom. The summed E-state index contributed by atoms with van der Waals surface area (Å²) in [4.78, 5) is 12.2. The van der Waals surface area contributed by atoms with Crippen molar-refractivity contribution < 1.29 is 13.9 Å². The number of carbonyl (C=O) groups is 1. The van der Waals surface area contributed by atoms with E-state index in [4.69, 9.17) is 17.0 Å². The Labute approximate surface area is 127 Å². The topological polar surface area (TPSA) is 50.4 Å². The number of rotatable bonds is 4. The van der Waals surface area contributed by atoms with Crippen LogP contribution in [0.2, 0.25) is 0 Å². The Kier molecular flexibility index (Phi) is 4.70. The molecular weight excluding hydrogens is 291 g/mol. The lowest BCUT2D eigenvalue weighted by molar-refractivity contribution is -0.147. The van der Waals surface area contributed by atoms with Gasteiger partial charge in [0.25, 0.3) is 0 Å². The van der Waals surface area contributed by atoms with Crippen LogP contribution in [0, 0.1) is 11.7 Å². The normalized spacial score (nSPS) is 21.2. The predicted molar refractivity (Wildman–Crippen MR) is 81.8 cm³/mol. The number of thiocarbonyl (C=S) groups is 1. The Morgan fingerprint density at radius 1 is 1.48 bits per heavy atom. The van der Waals surface area contributed by atoms with Gasteiger partial charge in [-0.3, -0.25) is 4.79 Å². The van der Waals surface area contributed by atoms with Crippen LogP contribution in [0.25, 0.3) is 0 Å². The average molecular weight is 306 g/mol. The molecule has 1 aromatic rings. The first-order valence-corrected chi connectivity index (χ1v) is 6.73. The van der Waals surface area contributed by atoms with Gasteiger partial charge >= 0.3 is 5.97 Å². The van der Waals surface area contributed by atoms with Gasteiger partial charge in [-0.1, -0.05) is 37.4 Å². The summed E-state index contributed by atoms with van der Waals surface area (Å²) >= 11 is 5.06. The third-order valence-electron chi connectivity index (χ3n) is 3.11. The first-order chi connectivity index (χ1) is 10.0. The fraction of sp³-hybridized carbons (Fsp3) is 0.200. The molecule has 0 unspecified atom stereocenters. The highest BCUT2D eigenvalue weighted by Crippen LogP contribution is 2.31. The first kappa shape index (κ1) is 15.2. The predicted octanol–water partition coefficient (Wildman–Crippen LogP) is 2.20. The molecule has 0 saturated carbocycles. The van der Waals surface area contributed by atoms with Gasteiger partial charge in [-0.05, 0) is 18.3 Å². The largest absolute Gasteiger partial charge is 0.461 e. The summed E-state index contributed by atoms with van der Waals surface area (Å²) < 4.78 is 19.1. The zero-order chi connectivity index (χ0) is 15.4.